The molecule has 0 fully saturated rings. The van der Waals surface area contributed by atoms with Crippen molar-refractivity contribution in [2.75, 3.05) is 18.5 Å². The first-order valence-corrected chi connectivity index (χ1v) is 9.69. The second kappa shape index (κ2) is 11.3. The van der Waals surface area contributed by atoms with E-state index < -0.39 is 22.9 Å². The Balaban J connectivity index is 2.35. The molecule has 0 aromatic heterocycles. The zero-order valence-electron chi connectivity index (χ0n) is 17.8. The van der Waals surface area contributed by atoms with Crippen molar-refractivity contribution < 1.29 is 28.7 Å². The summed E-state index contributed by atoms with van der Waals surface area (Å²) in [6.07, 6.45) is 2.51. The number of ether oxygens (including phenoxy) is 3. The van der Waals surface area contributed by atoms with Crippen molar-refractivity contribution >= 4 is 23.3 Å². The van der Waals surface area contributed by atoms with Gasteiger partial charge in [-0.05, 0) is 44.2 Å². The first-order chi connectivity index (χ1) is 15.3. The van der Waals surface area contributed by atoms with E-state index in [0.29, 0.717) is 11.3 Å². The van der Waals surface area contributed by atoms with Gasteiger partial charge < -0.3 is 19.5 Å². The predicted octanol–water partition coefficient (Wildman–Crippen LogP) is 4.54. The second-order valence-electron chi connectivity index (χ2n) is 6.73. The van der Waals surface area contributed by atoms with E-state index in [1.165, 1.54) is 48.6 Å². The summed E-state index contributed by atoms with van der Waals surface area (Å²) in [6.45, 7) is 10.5. The first kappa shape index (κ1) is 24.1. The number of benzene rings is 2. The average molecular weight is 440 g/mol. The van der Waals surface area contributed by atoms with Crippen LogP contribution in [-0.2, 0) is 4.74 Å². The molecule has 0 radical (unpaired) electrons. The van der Waals surface area contributed by atoms with Crippen LogP contribution in [0.4, 0.5) is 11.4 Å². The zero-order valence-corrected chi connectivity index (χ0v) is 17.8. The number of hydrogen-bond donors (Lipinski definition) is 1. The van der Waals surface area contributed by atoms with Crippen LogP contribution < -0.4 is 14.8 Å². The lowest BCUT2D eigenvalue weighted by atomic mass is 10.1. The maximum absolute atomic E-state index is 12.9. The Labute approximate surface area is 185 Å². The lowest BCUT2D eigenvalue weighted by Crippen LogP contribution is -2.16. The number of amides is 1. The molecule has 0 atom stereocenters. The van der Waals surface area contributed by atoms with Crippen LogP contribution in [0.2, 0.25) is 0 Å². The van der Waals surface area contributed by atoms with Gasteiger partial charge in [0, 0.05) is 11.8 Å². The van der Waals surface area contributed by atoms with E-state index in [2.05, 4.69) is 18.5 Å². The molecule has 2 rings (SSSR count). The average Bonchev–Trinajstić information content (AvgIpc) is 2.76. The minimum atomic E-state index is -0.607. The molecule has 0 spiro atoms. The van der Waals surface area contributed by atoms with Gasteiger partial charge in [-0.2, -0.15) is 0 Å². The van der Waals surface area contributed by atoms with Crippen molar-refractivity contribution in [3.05, 3.63) is 82.9 Å². The van der Waals surface area contributed by atoms with Gasteiger partial charge in [-0.15, -0.1) is 0 Å². The topological polar surface area (TPSA) is 117 Å². The Morgan fingerprint density at radius 3 is 2.28 bits per heavy atom. The molecule has 0 aliphatic carbocycles. The number of hydrogen-bond acceptors (Lipinski definition) is 7. The predicted molar refractivity (Wildman–Crippen MR) is 119 cm³/mol. The number of carbonyl (C=O) groups excluding carboxylic acids is 2. The van der Waals surface area contributed by atoms with Crippen molar-refractivity contribution in [3.8, 4) is 11.5 Å². The van der Waals surface area contributed by atoms with Gasteiger partial charge in [0.15, 0.2) is 5.75 Å². The molecule has 2 aromatic carbocycles. The van der Waals surface area contributed by atoms with Crippen LogP contribution in [0, 0.1) is 10.1 Å². The number of anilines is 1. The molecule has 0 aliphatic rings. The van der Waals surface area contributed by atoms with Gasteiger partial charge in [-0.25, -0.2) is 4.79 Å². The summed E-state index contributed by atoms with van der Waals surface area (Å²) in [5, 5.41) is 14.1. The number of esters is 1. The Hall–Kier alpha value is -4.14. The van der Waals surface area contributed by atoms with E-state index in [-0.39, 0.29) is 36.0 Å². The molecule has 1 N–H and O–H groups in total. The standard InChI is InChI=1S/C23H24N2O7/c1-5-13-30-20-18(11-12-19(25(28)29)21(20)32-15(3)4)22(26)24-17-9-7-16(8-10-17)23(27)31-14-6-2/h5-12,15H,1-2,13-14H2,3-4H3,(H,24,26). The van der Waals surface area contributed by atoms with Gasteiger partial charge in [-0.1, -0.05) is 25.3 Å². The van der Waals surface area contributed by atoms with Gasteiger partial charge >= 0.3 is 11.7 Å². The van der Waals surface area contributed by atoms with E-state index in [4.69, 9.17) is 14.2 Å². The molecule has 0 unspecified atom stereocenters. The van der Waals surface area contributed by atoms with Crippen molar-refractivity contribution in [2.24, 2.45) is 0 Å². The molecule has 0 saturated heterocycles. The monoisotopic (exact) mass is 440 g/mol. The summed E-state index contributed by atoms with van der Waals surface area (Å²) in [5.74, 6) is -1.29. The molecule has 0 saturated carbocycles. The summed E-state index contributed by atoms with van der Waals surface area (Å²) in [4.78, 5) is 35.7. The van der Waals surface area contributed by atoms with Crippen LogP contribution in [0.5, 0.6) is 11.5 Å². The fraction of sp³-hybridized carbons (Fsp3) is 0.217. The number of nitro benzene ring substituents is 1. The molecule has 1 amide bonds. The highest BCUT2D eigenvalue weighted by Gasteiger charge is 2.27. The summed E-state index contributed by atoms with van der Waals surface area (Å²) in [6, 6.07) is 8.54. The van der Waals surface area contributed by atoms with Crippen LogP contribution in [0.25, 0.3) is 0 Å². The molecule has 0 bridgehead atoms. The molecule has 32 heavy (non-hydrogen) atoms. The molecule has 2 aromatic rings. The third-order valence-electron chi connectivity index (χ3n) is 3.94. The fourth-order valence-electron chi connectivity index (χ4n) is 2.62. The van der Waals surface area contributed by atoms with Crippen LogP contribution >= 0.6 is 0 Å². The maximum atomic E-state index is 12.9. The van der Waals surface area contributed by atoms with Crippen molar-refractivity contribution in [1.29, 1.82) is 0 Å². The number of nitro groups is 1. The Bertz CT molecular complexity index is 1010. The van der Waals surface area contributed by atoms with E-state index in [9.17, 15) is 19.7 Å². The van der Waals surface area contributed by atoms with Crippen molar-refractivity contribution in [3.63, 3.8) is 0 Å². The van der Waals surface area contributed by atoms with E-state index in [0.717, 1.165) is 0 Å². The molecule has 0 aliphatic heterocycles. The van der Waals surface area contributed by atoms with Gasteiger partial charge in [0.05, 0.1) is 22.2 Å². The summed E-state index contributed by atoms with van der Waals surface area (Å²) < 4.78 is 16.1. The Kier molecular flexibility index (Phi) is 8.53. The summed E-state index contributed by atoms with van der Waals surface area (Å²) in [5.41, 5.74) is 0.428. The first-order valence-electron chi connectivity index (χ1n) is 9.69. The van der Waals surface area contributed by atoms with E-state index in [1.807, 2.05) is 0 Å². The van der Waals surface area contributed by atoms with E-state index in [1.54, 1.807) is 13.8 Å². The van der Waals surface area contributed by atoms with Gasteiger partial charge in [-0.3, -0.25) is 14.9 Å². The van der Waals surface area contributed by atoms with Crippen LogP contribution in [0.1, 0.15) is 34.6 Å². The fourth-order valence-corrected chi connectivity index (χ4v) is 2.62. The number of carbonyl (C=O) groups is 2. The third-order valence-corrected chi connectivity index (χ3v) is 3.94. The zero-order chi connectivity index (χ0) is 23.7. The molecular weight excluding hydrogens is 416 g/mol. The van der Waals surface area contributed by atoms with Crippen LogP contribution in [-0.4, -0.2) is 36.1 Å². The molecular formula is C23H24N2O7. The molecule has 0 heterocycles. The Morgan fingerprint density at radius 1 is 1.06 bits per heavy atom. The van der Waals surface area contributed by atoms with Crippen molar-refractivity contribution in [1.82, 2.24) is 0 Å². The highest BCUT2D eigenvalue weighted by atomic mass is 16.6. The second-order valence-corrected chi connectivity index (χ2v) is 6.73. The maximum Gasteiger partial charge on any atom is 0.338 e. The quantitative estimate of drug-likeness (QED) is 0.236. The SMILES string of the molecule is C=CCOC(=O)c1ccc(NC(=O)c2ccc([N+](=O)[O-])c(OC(C)C)c2OCC=C)cc1. The minimum absolute atomic E-state index is 0.0113. The normalized spacial score (nSPS) is 10.2. The molecule has 168 valence electrons. The van der Waals surface area contributed by atoms with Gasteiger partial charge in [0.1, 0.15) is 13.2 Å². The lowest BCUT2D eigenvalue weighted by molar-refractivity contribution is -0.386. The summed E-state index contributed by atoms with van der Waals surface area (Å²) >= 11 is 0. The third kappa shape index (κ3) is 6.18. The highest BCUT2D eigenvalue weighted by Crippen LogP contribution is 2.41. The van der Waals surface area contributed by atoms with Gasteiger partial charge in [0.25, 0.3) is 5.91 Å². The largest absolute Gasteiger partial charge is 0.485 e. The van der Waals surface area contributed by atoms with Crippen LogP contribution in [0.3, 0.4) is 0 Å². The molecule has 9 nitrogen and oxygen atoms in total. The summed E-state index contributed by atoms with van der Waals surface area (Å²) in [7, 11) is 0. The van der Waals surface area contributed by atoms with Gasteiger partial charge in [0.2, 0.25) is 5.75 Å². The minimum Gasteiger partial charge on any atom is -0.485 e. The molecule has 9 heteroatoms. The van der Waals surface area contributed by atoms with E-state index >= 15 is 0 Å². The number of rotatable bonds is 11. The Morgan fingerprint density at radius 2 is 1.72 bits per heavy atom. The highest BCUT2D eigenvalue weighted by molar-refractivity contribution is 6.07. The number of nitrogens with zero attached hydrogens (tertiary/aromatic N) is 1. The smallest absolute Gasteiger partial charge is 0.338 e. The number of nitrogens with one attached hydrogen (secondary N) is 1. The van der Waals surface area contributed by atoms with Crippen molar-refractivity contribution in [2.45, 2.75) is 20.0 Å². The lowest BCUT2D eigenvalue weighted by Gasteiger charge is -2.17. The van der Waals surface area contributed by atoms with Crippen LogP contribution in [0.15, 0.2) is 61.7 Å².